The maximum absolute atomic E-state index is 11.9. The van der Waals surface area contributed by atoms with E-state index in [0.29, 0.717) is 12.8 Å². The minimum atomic E-state index is -0.753. The van der Waals surface area contributed by atoms with Gasteiger partial charge in [0.2, 0.25) is 0 Å². The largest absolute Gasteiger partial charge is 0.481 e. The van der Waals surface area contributed by atoms with Crippen LogP contribution in [0.3, 0.4) is 0 Å². The van der Waals surface area contributed by atoms with Gasteiger partial charge in [-0.15, -0.1) is 0 Å². The molecule has 0 bridgehead atoms. The highest BCUT2D eigenvalue weighted by atomic mass is 16.4. The van der Waals surface area contributed by atoms with Gasteiger partial charge in [-0.3, -0.25) is 4.79 Å². The molecule has 6 nitrogen and oxygen atoms in total. The summed E-state index contributed by atoms with van der Waals surface area (Å²) in [5.74, 6) is -1.06. The number of hydrogen-bond donors (Lipinski definition) is 3. The molecular weight excluding hydrogens is 258 g/mol. The van der Waals surface area contributed by atoms with E-state index in [0.717, 1.165) is 26.1 Å². The lowest BCUT2D eigenvalue weighted by Crippen LogP contribution is -2.48. The molecule has 0 aromatic rings. The first kappa shape index (κ1) is 15.1. The zero-order chi connectivity index (χ0) is 14.5. The summed E-state index contributed by atoms with van der Waals surface area (Å²) >= 11 is 0. The molecule has 3 atom stereocenters. The fourth-order valence-corrected chi connectivity index (χ4v) is 3.19. The van der Waals surface area contributed by atoms with Crippen LogP contribution in [-0.2, 0) is 4.79 Å². The van der Waals surface area contributed by atoms with Gasteiger partial charge in [-0.2, -0.15) is 0 Å². The Morgan fingerprint density at radius 1 is 1.30 bits per heavy atom. The van der Waals surface area contributed by atoms with Crippen molar-refractivity contribution < 1.29 is 14.7 Å². The van der Waals surface area contributed by atoms with Crippen LogP contribution in [0.25, 0.3) is 0 Å². The summed E-state index contributed by atoms with van der Waals surface area (Å²) in [4.78, 5) is 25.1. The molecule has 1 saturated heterocycles. The lowest BCUT2D eigenvalue weighted by Gasteiger charge is -2.22. The molecule has 114 valence electrons. The minimum absolute atomic E-state index is 0.00455. The minimum Gasteiger partial charge on any atom is -0.481 e. The van der Waals surface area contributed by atoms with E-state index >= 15 is 0 Å². The molecule has 2 aliphatic rings. The van der Waals surface area contributed by atoms with E-state index in [9.17, 15) is 9.59 Å². The number of aliphatic carboxylic acids is 1. The number of amides is 2. The maximum Gasteiger partial charge on any atom is 0.315 e. The van der Waals surface area contributed by atoms with E-state index in [2.05, 4.69) is 15.5 Å². The zero-order valence-corrected chi connectivity index (χ0v) is 12.1. The van der Waals surface area contributed by atoms with Crippen molar-refractivity contribution in [2.45, 2.75) is 51.1 Å². The van der Waals surface area contributed by atoms with E-state index in [4.69, 9.17) is 5.11 Å². The van der Waals surface area contributed by atoms with E-state index in [-0.39, 0.29) is 24.0 Å². The Morgan fingerprint density at radius 2 is 2.00 bits per heavy atom. The van der Waals surface area contributed by atoms with Gasteiger partial charge in [-0.1, -0.05) is 0 Å². The van der Waals surface area contributed by atoms with Crippen molar-refractivity contribution in [1.29, 1.82) is 0 Å². The first-order valence-electron chi connectivity index (χ1n) is 7.57. The smallest absolute Gasteiger partial charge is 0.315 e. The molecule has 1 heterocycles. The van der Waals surface area contributed by atoms with Crippen molar-refractivity contribution in [3.8, 4) is 0 Å². The second-order valence-electron chi connectivity index (χ2n) is 6.07. The molecule has 2 fully saturated rings. The number of nitrogens with zero attached hydrogens (tertiary/aromatic N) is 1. The van der Waals surface area contributed by atoms with Crippen LogP contribution >= 0.6 is 0 Å². The third kappa shape index (κ3) is 4.37. The lowest BCUT2D eigenvalue weighted by molar-refractivity contribution is -0.141. The Balaban J connectivity index is 1.66. The molecule has 1 saturated carbocycles. The summed E-state index contributed by atoms with van der Waals surface area (Å²) in [7, 11) is 0. The summed E-state index contributed by atoms with van der Waals surface area (Å²) < 4.78 is 0. The number of likely N-dealkylation sites (tertiary alicyclic amines) is 1. The van der Waals surface area contributed by atoms with Crippen molar-refractivity contribution in [3.63, 3.8) is 0 Å². The second-order valence-corrected chi connectivity index (χ2v) is 6.07. The fraction of sp³-hybridized carbons (Fsp3) is 0.857. The van der Waals surface area contributed by atoms with Gasteiger partial charge in [0.15, 0.2) is 0 Å². The number of carboxylic acids is 1. The van der Waals surface area contributed by atoms with Crippen molar-refractivity contribution in [2.75, 3.05) is 19.6 Å². The Kier molecular flexibility index (Phi) is 5.23. The number of carboxylic acid groups (broad SMARTS) is 1. The van der Waals surface area contributed by atoms with Crippen molar-refractivity contribution in [1.82, 2.24) is 15.5 Å². The predicted molar refractivity (Wildman–Crippen MR) is 75.6 cm³/mol. The molecular formula is C14H25N3O3. The topological polar surface area (TPSA) is 81.7 Å². The summed E-state index contributed by atoms with van der Waals surface area (Å²) in [6.45, 7) is 5.13. The van der Waals surface area contributed by atoms with Crippen LogP contribution in [0.2, 0.25) is 0 Å². The van der Waals surface area contributed by atoms with Crippen molar-refractivity contribution in [3.05, 3.63) is 0 Å². The first-order chi connectivity index (χ1) is 9.54. The molecule has 1 aliphatic heterocycles. The monoisotopic (exact) mass is 283 g/mol. The number of hydrogen-bond acceptors (Lipinski definition) is 3. The highest BCUT2D eigenvalue weighted by molar-refractivity contribution is 5.75. The van der Waals surface area contributed by atoms with Gasteiger partial charge in [-0.05, 0) is 52.1 Å². The normalized spacial score (nSPS) is 28.2. The van der Waals surface area contributed by atoms with E-state index in [1.807, 2.05) is 6.92 Å². The molecule has 0 spiro atoms. The summed E-state index contributed by atoms with van der Waals surface area (Å²) in [5.41, 5.74) is 0. The fourth-order valence-electron chi connectivity index (χ4n) is 3.19. The standard InChI is InChI=1S/C14H25N3O3/c1-10(9-17-6-2-3-7-17)15-14(20)16-12-5-4-11(8-12)13(18)19/h10-12H,2-9H2,1H3,(H,18,19)(H2,15,16,20). The summed E-state index contributed by atoms with van der Waals surface area (Å²) in [5, 5.41) is 14.8. The third-order valence-electron chi connectivity index (χ3n) is 4.23. The Hall–Kier alpha value is -1.30. The van der Waals surface area contributed by atoms with Gasteiger partial charge in [-0.25, -0.2) is 4.79 Å². The average Bonchev–Trinajstić information content (AvgIpc) is 2.99. The SMILES string of the molecule is CC(CN1CCCC1)NC(=O)NC1CCC(C(=O)O)C1. The Labute approximate surface area is 119 Å². The summed E-state index contributed by atoms with van der Waals surface area (Å²) in [6.07, 6.45) is 4.45. The Bertz CT molecular complexity index is 356. The van der Waals surface area contributed by atoms with Gasteiger partial charge >= 0.3 is 12.0 Å². The molecule has 3 N–H and O–H groups in total. The molecule has 1 aliphatic carbocycles. The van der Waals surface area contributed by atoms with Crippen LogP contribution in [0, 0.1) is 5.92 Å². The van der Waals surface area contributed by atoms with Gasteiger partial charge < -0.3 is 20.6 Å². The molecule has 3 unspecified atom stereocenters. The number of nitrogens with one attached hydrogen (secondary N) is 2. The molecule has 2 amide bonds. The van der Waals surface area contributed by atoms with Crippen LogP contribution < -0.4 is 10.6 Å². The molecule has 0 radical (unpaired) electrons. The highest BCUT2D eigenvalue weighted by Crippen LogP contribution is 2.25. The number of rotatable bonds is 5. The molecule has 6 heteroatoms. The van der Waals surface area contributed by atoms with Gasteiger partial charge in [0.05, 0.1) is 5.92 Å². The average molecular weight is 283 g/mol. The molecule has 2 rings (SSSR count). The van der Waals surface area contributed by atoms with Gasteiger partial charge in [0.1, 0.15) is 0 Å². The Morgan fingerprint density at radius 3 is 2.60 bits per heavy atom. The lowest BCUT2D eigenvalue weighted by atomic mass is 10.1. The maximum atomic E-state index is 11.9. The number of urea groups is 1. The van der Waals surface area contributed by atoms with Crippen LogP contribution in [0.15, 0.2) is 0 Å². The van der Waals surface area contributed by atoms with Crippen LogP contribution in [0.5, 0.6) is 0 Å². The number of carbonyl (C=O) groups excluding carboxylic acids is 1. The molecule has 0 aromatic heterocycles. The number of carbonyl (C=O) groups is 2. The van der Waals surface area contributed by atoms with E-state index < -0.39 is 5.97 Å². The molecule has 0 aromatic carbocycles. The van der Waals surface area contributed by atoms with E-state index in [1.165, 1.54) is 12.8 Å². The van der Waals surface area contributed by atoms with Crippen LogP contribution in [0.1, 0.15) is 39.0 Å². The predicted octanol–water partition coefficient (Wildman–Crippen LogP) is 1.02. The molecule has 20 heavy (non-hydrogen) atoms. The van der Waals surface area contributed by atoms with Gasteiger partial charge in [0, 0.05) is 18.6 Å². The van der Waals surface area contributed by atoms with Crippen LogP contribution in [0.4, 0.5) is 4.79 Å². The van der Waals surface area contributed by atoms with E-state index in [1.54, 1.807) is 0 Å². The quantitative estimate of drug-likeness (QED) is 0.703. The highest BCUT2D eigenvalue weighted by Gasteiger charge is 2.30. The van der Waals surface area contributed by atoms with Crippen molar-refractivity contribution in [2.24, 2.45) is 5.92 Å². The first-order valence-corrected chi connectivity index (χ1v) is 7.57. The second kappa shape index (κ2) is 6.92. The van der Waals surface area contributed by atoms with Crippen LogP contribution in [-0.4, -0.2) is 53.7 Å². The van der Waals surface area contributed by atoms with Crippen molar-refractivity contribution >= 4 is 12.0 Å². The zero-order valence-electron chi connectivity index (χ0n) is 12.1. The third-order valence-corrected chi connectivity index (χ3v) is 4.23. The summed E-state index contributed by atoms with van der Waals surface area (Å²) in [6, 6.07) is -0.0624. The van der Waals surface area contributed by atoms with Gasteiger partial charge in [0.25, 0.3) is 0 Å².